The van der Waals surface area contributed by atoms with E-state index in [-0.39, 0.29) is 6.04 Å². The van der Waals surface area contributed by atoms with Gasteiger partial charge in [-0.1, -0.05) is 30.3 Å². The zero-order valence-corrected chi connectivity index (χ0v) is 17.7. The molecule has 0 aliphatic heterocycles. The summed E-state index contributed by atoms with van der Waals surface area (Å²) < 4.78 is 7.38. The molecule has 2 heterocycles. The second kappa shape index (κ2) is 8.05. The topological polar surface area (TPSA) is 64.9 Å². The lowest BCUT2D eigenvalue weighted by Crippen LogP contribution is -2.18. The number of rotatable bonds is 6. The lowest BCUT2D eigenvalue weighted by atomic mass is 10.1. The largest absolute Gasteiger partial charge is 0.495 e. The van der Waals surface area contributed by atoms with Crippen LogP contribution in [0.1, 0.15) is 32.7 Å². The zero-order valence-electron chi connectivity index (χ0n) is 16.9. The maximum Gasteiger partial charge on any atom is 0.184 e. The van der Waals surface area contributed by atoms with Crippen molar-refractivity contribution >= 4 is 17.0 Å². The summed E-state index contributed by atoms with van der Waals surface area (Å²) in [7, 11) is 1.67. The fourth-order valence-corrected chi connectivity index (χ4v) is 4.39. The van der Waals surface area contributed by atoms with Crippen molar-refractivity contribution in [2.45, 2.75) is 26.8 Å². The predicted molar refractivity (Wildman–Crippen MR) is 116 cm³/mol. The summed E-state index contributed by atoms with van der Waals surface area (Å²) in [5, 5.41) is 16.4. The first-order valence-corrected chi connectivity index (χ1v) is 10.2. The van der Waals surface area contributed by atoms with Crippen LogP contribution < -0.4 is 10.1 Å². The summed E-state index contributed by atoms with van der Waals surface area (Å²) in [6, 6.07) is 18.1. The number of benzene rings is 2. The van der Waals surface area contributed by atoms with Crippen LogP contribution >= 0.6 is 11.3 Å². The van der Waals surface area contributed by atoms with Crippen LogP contribution in [0.5, 0.6) is 5.75 Å². The van der Waals surface area contributed by atoms with Crippen molar-refractivity contribution in [1.82, 2.24) is 20.2 Å². The first-order valence-electron chi connectivity index (χ1n) is 9.39. The highest BCUT2D eigenvalue weighted by atomic mass is 32.1. The summed E-state index contributed by atoms with van der Waals surface area (Å²) in [5.74, 6) is 1.51. The number of para-hydroxylation sites is 3. The summed E-state index contributed by atoms with van der Waals surface area (Å²) in [6.07, 6.45) is 0. The van der Waals surface area contributed by atoms with Gasteiger partial charge in [-0.2, -0.15) is 4.68 Å². The van der Waals surface area contributed by atoms with Crippen LogP contribution in [0.15, 0.2) is 54.6 Å². The van der Waals surface area contributed by atoms with Crippen molar-refractivity contribution < 1.29 is 4.74 Å². The third kappa shape index (κ3) is 3.73. The number of tetrazole rings is 1. The minimum absolute atomic E-state index is 0.223. The van der Waals surface area contributed by atoms with Crippen molar-refractivity contribution in [3.8, 4) is 11.4 Å². The summed E-state index contributed by atoms with van der Waals surface area (Å²) >= 11 is 1.73. The molecule has 4 rings (SSSR count). The molecular formula is C22H23N5OS. The first-order chi connectivity index (χ1) is 14.1. The summed E-state index contributed by atoms with van der Waals surface area (Å²) in [4.78, 5) is 2.37. The number of hydrogen-bond acceptors (Lipinski definition) is 6. The van der Waals surface area contributed by atoms with E-state index in [0.29, 0.717) is 0 Å². The predicted octanol–water partition coefficient (Wildman–Crippen LogP) is 4.86. The Morgan fingerprint density at radius 1 is 0.966 bits per heavy atom. The third-order valence-electron chi connectivity index (χ3n) is 4.86. The molecule has 0 aliphatic rings. The van der Waals surface area contributed by atoms with Crippen LogP contribution in [-0.2, 0) is 0 Å². The molecule has 0 aliphatic carbocycles. The molecule has 4 aromatic rings. The molecule has 1 atom stereocenters. The first kappa shape index (κ1) is 19.1. The fourth-order valence-electron chi connectivity index (χ4n) is 3.46. The molecule has 1 N–H and O–H groups in total. The number of nitrogens with zero attached hydrogens (tertiary/aromatic N) is 4. The number of thiophene rings is 1. The highest BCUT2D eigenvalue weighted by molar-refractivity contribution is 7.12. The van der Waals surface area contributed by atoms with E-state index in [1.165, 1.54) is 4.88 Å². The van der Waals surface area contributed by atoms with E-state index in [2.05, 4.69) is 65.9 Å². The van der Waals surface area contributed by atoms with Gasteiger partial charge in [-0.25, -0.2) is 0 Å². The van der Waals surface area contributed by atoms with Crippen molar-refractivity contribution in [2.75, 3.05) is 12.4 Å². The van der Waals surface area contributed by atoms with E-state index in [0.717, 1.165) is 39.0 Å². The van der Waals surface area contributed by atoms with Gasteiger partial charge in [0.05, 0.1) is 18.5 Å². The van der Waals surface area contributed by atoms with Crippen LogP contribution in [-0.4, -0.2) is 27.3 Å². The molecular weight excluding hydrogens is 382 g/mol. The number of nitrogens with one attached hydrogen (secondary N) is 1. The lowest BCUT2D eigenvalue weighted by Gasteiger charge is -2.21. The molecule has 148 valence electrons. The SMILES string of the molecule is COc1ccccc1NC(c1ccc(C)s1)c1nnnn1-c1c(C)cccc1C. The van der Waals surface area contributed by atoms with Gasteiger partial charge in [0.25, 0.3) is 0 Å². The Labute approximate surface area is 174 Å². The van der Waals surface area contributed by atoms with Crippen molar-refractivity contribution in [3.05, 3.63) is 81.3 Å². The van der Waals surface area contributed by atoms with Crippen LogP contribution in [0.3, 0.4) is 0 Å². The average molecular weight is 406 g/mol. The van der Waals surface area contributed by atoms with E-state index in [9.17, 15) is 0 Å². The molecule has 0 amide bonds. The summed E-state index contributed by atoms with van der Waals surface area (Å²) in [5.41, 5.74) is 4.14. The second-order valence-electron chi connectivity index (χ2n) is 6.92. The third-order valence-corrected chi connectivity index (χ3v) is 5.92. The molecule has 2 aromatic carbocycles. The smallest absolute Gasteiger partial charge is 0.184 e. The van der Waals surface area contributed by atoms with Crippen LogP contribution in [0.4, 0.5) is 5.69 Å². The van der Waals surface area contributed by atoms with Crippen LogP contribution in [0.25, 0.3) is 5.69 Å². The number of ether oxygens (including phenoxy) is 1. The Morgan fingerprint density at radius 3 is 2.41 bits per heavy atom. The van der Waals surface area contributed by atoms with E-state index >= 15 is 0 Å². The Bertz CT molecular complexity index is 1110. The summed E-state index contributed by atoms with van der Waals surface area (Å²) in [6.45, 7) is 6.25. The van der Waals surface area contributed by atoms with E-state index < -0.39 is 0 Å². The molecule has 0 spiro atoms. The van der Waals surface area contributed by atoms with Gasteiger partial charge in [0.1, 0.15) is 11.8 Å². The highest BCUT2D eigenvalue weighted by Crippen LogP contribution is 2.35. The molecule has 7 heteroatoms. The maximum atomic E-state index is 5.54. The van der Waals surface area contributed by atoms with E-state index in [1.807, 2.05) is 35.0 Å². The molecule has 0 bridgehead atoms. The van der Waals surface area contributed by atoms with E-state index in [1.54, 1.807) is 18.4 Å². The van der Waals surface area contributed by atoms with Crippen molar-refractivity contribution in [2.24, 2.45) is 0 Å². The Kier molecular flexibility index (Phi) is 5.31. The average Bonchev–Trinajstić information content (AvgIpc) is 3.36. The normalized spacial score (nSPS) is 12.0. The van der Waals surface area contributed by atoms with E-state index in [4.69, 9.17) is 4.74 Å². The molecule has 29 heavy (non-hydrogen) atoms. The molecule has 0 saturated heterocycles. The Hall–Kier alpha value is -3.19. The number of hydrogen-bond donors (Lipinski definition) is 1. The number of aryl methyl sites for hydroxylation is 3. The minimum Gasteiger partial charge on any atom is -0.495 e. The van der Waals surface area contributed by atoms with Crippen molar-refractivity contribution in [3.63, 3.8) is 0 Å². The van der Waals surface area contributed by atoms with Gasteiger partial charge >= 0.3 is 0 Å². The maximum absolute atomic E-state index is 5.54. The molecule has 0 saturated carbocycles. The van der Waals surface area contributed by atoms with Gasteiger partial charge in [0.2, 0.25) is 0 Å². The Balaban J connectivity index is 1.85. The van der Waals surface area contributed by atoms with Gasteiger partial charge in [-0.15, -0.1) is 16.4 Å². The molecule has 6 nitrogen and oxygen atoms in total. The second-order valence-corrected chi connectivity index (χ2v) is 8.23. The van der Waals surface area contributed by atoms with Gasteiger partial charge < -0.3 is 10.1 Å². The molecule has 0 radical (unpaired) electrons. The minimum atomic E-state index is -0.223. The molecule has 2 aromatic heterocycles. The lowest BCUT2D eigenvalue weighted by molar-refractivity contribution is 0.416. The quantitative estimate of drug-likeness (QED) is 0.496. The van der Waals surface area contributed by atoms with Gasteiger partial charge in [-0.05, 0) is 66.6 Å². The monoisotopic (exact) mass is 405 g/mol. The zero-order chi connectivity index (χ0) is 20.4. The van der Waals surface area contributed by atoms with Gasteiger partial charge in [0, 0.05) is 9.75 Å². The highest BCUT2D eigenvalue weighted by Gasteiger charge is 2.25. The van der Waals surface area contributed by atoms with Gasteiger partial charge in [-0.3, -0.25) is 0 Å². The standard InChI is InChI=1S/C22H23N5OS/c1-14-8-7-9-15(2)21(14)27-22(24-25-26-27)20(19-13-12-16(3)29-19)23-17-10-5-6-11-18(17)28-4/h5-13,20,23H,1-4H3. The number of methoxy groups -OCH3 is 1. The Morgan fingerprint density at radius 2 is 1.72 bits per heavy atom. The number of anilines is 1. The fraction of sp³-hybridized carbons (Fsp3) is 0.227. The van der Waals surface area contributed by atoms with Crippen LogP contribution in [0, 0.1) is 20.8 Å². The van der Waals surface area contributed by atoms with Crippen molar-refractivity contribution in [1.29, 1.82) is 0 Å². The molecule has 1 unspecified atom stereocenters. The van der Waals surface area contributed by atoms with Crippen LogP contribution in [0.2, 0.25) is 0 Å². The van der Waals surface area contributed by atoms with Gasteiger partial charge in [0.15, 0.2) is 5.82 Å². The molecule has 0 fully saturated rings. The number of aromatic nitrogens is 4.